The maximum Gasteiger partial charge on any atom is 0.494 e. The summed E-state index contributed by atoms with van der Waals surface area (Å²) in [5, 5.41) is 2.37. The molecule has 1 aliphatic rings. The first-order valence-corrected chi connectivity index (χ1v) is 7.42. The van der Waals surface area contributed by atoms with Gasteiger partial charge in [0.15, 0.2) is 0 Å². The Kier molecular flexibility index (Phi) is 3.15. The Morgan fingerprint density at radius 2 is 1.57 bits per heavy atom. The molecule has 1 aromatic heterocycles. The number of rotatable bonds is 1. The lowest BCUT2D eigenvalue weighted by Crippen LogP contribution is -2.41. The molecule has 110 valence electrons. The summed E-state index contributed by atoms with van der Waals surface area (Å²) in [6.07, 6.45) is 1.94. The molecule has 1 saturated heterocycles. The van der Waals surface area contributed by atoms with Crippen LogP contribution in [0.15, 0.2) is 24.4 Å². The minimum atomic E-state index is -0.313. The average Bonchev–Trinajstić information content (AvgIpc) is 2.57. The number of benzene rings is 1. The van der Waals surface area contributed by atoms with Gasteiger partial charge in [-0.2, -0.15) is 0 Å². The molecule has 0 atom stereocenters. The van der Waals surface area contributed by atoms with Crippen molar-refractivity contribution < 1.29 is 9.31 Å². The van der Waals surface area contributed by atoms with Crippen molar-refractivity contribution in [1.82, 2.24) is 4.98 Å². The van der Waals surface area contributed by atoms with Crippen LogP contribution in [0.4, 0.5) is 0 Å². The third-order valence-electron chi connectivity index (χ3n) is 4.73. The van der Waals surface area contributed by atoms with E-state index in [1.165, 1.54) is 16.3 Å². The predicted octanol–water partition coefficient (Wildman–Crippen LogP) is 3.15. The number of hydrogen-bond acceptors (Lipinski definition) is 3. The molecule has 1 fully saturated rings. The fourth-order valence-corrected chi connectivity index (χ4v) is 2.69. The van der Waals surface area contributed by atoms with Crippen LogP contribution < -0.4 is 5.46 Å². The molecule has 0 unspecified atom stereocenters. The van der Waals surface area contributed by atoms with E-state index < -0.39 is 0 Å². The van der Waals surface area contributed by atoms with Crippen LogP contribution in [0.2, 0.25) is 0 Å². The van der Waals surface area contributed by atoms with Gasteiger partial charge in [0.2, 0.25) is 0 Å². The summed E-state index contributed by atoms with van der Waals surface area (Å²) in [6, 6.07) is 6.40. The molecule has 2 heterocycles. The second-order valence-corrected chi connectivity index (χ2v) is 6.97. The molecule has 0 radical (unpaired) electrons. The fraction of sp³-hybridized carbons (Fsp3) is 0.471. The summed E-state index contributed by atoms with van der Waals surface area (Å²) in [4.78, 5) is 4.38. The second kappa shape index (κ2) is 4.55. The van der Waals surface area contributed by atoms with Crippen LogP contribution in [0.1, 0.15) is 39.0 Å². The molecule has 0 amide bonds. The van der Waals surface area contributed by atoms with Crippen molar-refractivity contribution in [3.8, 4) is 0 Å². The smallest absolute Gasteiger partial charge is 0.399 e. The van der Waals surface area contributed by atoms with E-state index in [9.17, 15) is 0 Å². The van der Waals surface area contributed by atoms with E-state index >= 15 is 0 Å². The SMILES string of the molecule is Cc1cc2cc(B3OC(C)(C)C(C)(C)O3)cc(C)c2cn1. The van der Waals surface area contributed by atoms with Crippen LogP contribution in [0.5, 0.6) is 0 Å². The third kappa shape index (κ3) is 2.36. The lowest BCUT2D eigenvalue weighted by molar-refractivity contribution is 0.00578. The number of fused-ring (bicyclic) bond motifs is 1. The highest BCUT2D eigenvalue weighted by molar-refractivity contribution is 6.62. The molecule has 3 rings (SSSR count). The first-order chi connectivity index (χ1) is 9.69. The Labute approximate surface area is 126 Å². The van der Waals surface area contributed by atoms with Crippen molar-refractivity contribution in [3.63, 3.8) is 0 Å². The third-order valence-corrected chi connectivity index (χ3v) is 4.73. The maximum absolute atomic E-state index is 6.15. The second-order valence-electron chi connectivity index (χ2n) is 6.97. The van der Waals surface area contributed by atoms with Gasteiger partial charge in [-0.3, -0.25) is 4.98 Å². The van der Waals surface area contributed by atoms with Crippen molar-refractivity contribution in [1.29, 1.82) is 0 Å². The summed E-state index contributed by atoms with van der Waals surface area (Å²) in [5.41, 5.74) is 2.67. The fourth-order valence-electron chi connectivity index (χ4n) is 2.69. The number of pyridine rings is 1. The highest BCUT2D eigenvalue weighted by Crippen LogP contribution is 2.36. The van der Waals surface area contributed by atoms with Gasteiger partial charge >= 0.3 is 7.12 Å². The van der Waals surface area contributed by atoms with Crippen LogP contribution in [-0.2, 0) is 9.31 Å². The average molecular weight is 283 g/mol. The lowest BCUT2D eigenvalue weighted by atomic mass is 9.77. The summed E-state index contributed by atoms with van der Waals surface area (Å²) in [6.45, 7) is 12.4. The quantitative estimate of drug-likeness (QED) is 0.753. The van der Waals surface area contributed by atoms with Gasteiger partial charge in [0.25, 0.3) is 0 Å². The first kappa shape index (κ1) is 14.5. The molecule has 1 aliphatic heterocycles. The number of nitrogens with zero attached hydrogens (tertiary/aromatic N) is 1. The number of hydrogen-bond donors (Lipinski definition) is 0. The molecule has 21 heavy (non-hydrogen) atoms. The van der Waals surface area contributed by atoms with Gasteiger partial charge in [-0.25, -0.2) is 0 Å². The van der Waals surface area contributed by atoms with Gasteiger partial charge in [0.05, 0.1) is 11.2 Å². The van der Waals surface area contributed by atoms with Gasteiger partial charge in [-0.05, 0) is 64.0 Å². The van der Waals surface area contributed by atoms with Gasteiger partial charge in [-0.15, -0.1) is 0 Å². The van der Waals surface area contributed by atoms with Crippen LogP contribution in [-0.4, -0.2) is 23.3 Å². The Morgan fingerprint density at radius 3 is 2.19 bits per heavy atom. The van der Waals surface area contributed by atoms with Crippen molar-refractivity contribution in [2.45, 2.75) is 52.7 Å². The maximum atomic E-state index is 6.15. The highest BCUT2D eigenvalue weighted by atomic mass is 16.7. The van der Waals surface area contributed by atoms with Crippen molar-refractivity contribution in [3.05, 3.63) is 35.7 Å². The summed E-state index contributed by atoms with van der Waals surface area (Å²) >= 11 is 0. The van der Waals surface area contributed by atoms with Gasteiger partial charge in [-0.1, -0.05) is 12.1 Å². The Hall–Kier alpha value is -1.39. The molecular formula is C17H22BNO2. The Morgan fingerprint density at radius 1 is 0.952 bits per heavy atom. The van der Waals surface area contributed by atoms with Crippen molar-refractivity contribution in [2.24, 2.45) is 0 Å². The minimum Gasteiger partial charge on any atom is -0.399 e. The molecule has 2 aromatic rings. The molecule has 4 heteroatoms. The Balaban J connectivity index is 2.06. The van der Waals surface area contributed by atoms with Crippen LogP contribution in [0, 0.1) is 13.8 Å². The molecule has 0 saturated carbocycles. The lowest BCUT2D eigenvalue weighted by Gasteiger charge is -2.32. The Bertz CT molecular complexity index is 693. The standard InChI is InChI=1S/C17H22BNO2/c1-11-7-14(9-13-8-12(2)19-10-15(11)13)18-20-16(3,4)17(5,6)21-18/h7-10H,1-6H3. The summed E-state index contributed by atoms with van der Waals surface area (Å²) < 4.78 is 12.3. The minimum absolute atomic E-state index is 0.311. The molecule has 0 spiro atoms. The van der Waals surface area contributed by atoms with Crippen LogP contribution >= 0.6 is 0 Å². The van der Waals surface area contributed by atoms with E-state index in [0.29, 0.717) is 0 Å². The van der Waals surface area contributed by atoms with Gasteiger partial charge in [0.1, 0.15) is 0 Å². The predicted molar refractivity (Wildman–Crippen MR) is 86.9 cm³/mol. The highest BCUT2D eigenvalue weighted by Gasteiger charge is 2.51. The first-order valence-electron chi connectivity index (χ1n) is 7.42. The monoisotopic (exact) mass is 283 g/mol. The molecule has 0 aliphatic carbocycles. The number of aryl methyl sites for hydroxylation is 2. The van der Waals surface area contributed by atoms with E-state index in [-0.39, 0.29) is 18.3 Å². The van der Waals surface area contributed by atoms with Gasteiger partial charge < -0.3 is 9.31 Å². The molecule has 3 nitrogen and oxygen atoms in total. The molecule has 0 bridgehead atoms. The zero-order chi connectivity index (χ0) is 15.4. The van der Waals surface area contributed by atoms with Crippen LogP contribution in [0.25, 0.3) is 10.8 Å². The largest absolute Gasteiger partial charge is 0.494 e. The van der Waals surface area contributed by atoms with E-state index in [2.05, 4.69) is 57.8 Å². The summed E-state index contributed by atoms with van der Waals surface area (Å²) in [7, 11) is -0.313. The van der Waals surface area contributed by atoms with Crippen LogP contribution in [0.3, 0.4) is 0 Å². The molecular weight excluding hydrogens is 261 g/mol. The molecule has 1 aromatic carbocycles. The van der Waals surface area contributed by atoms with Crippen molar-refractivity contribution in [2.75, 3.05) is 0 Å². The van der Waals surface area contributed by atoms with E-state index in [0.717, 1.165) is 11.2 Å². The summed E-state index contributed by atoms with van der Waals surface area (Å²) in [5.74, 6) is 0. The van der Waals surface area contributed by atoms with E-state index in [1.54, 1.807) is 0 Å². The van der Waals surface area contributed by atoms with Crippen molar-refractivity contribution >= 4 is 23.4 Å². The molecule has 0 N–H and O–H groups in total. The normalized spacial score (nSPS) is 20.2. The number of aromatic nitrogens is 1. The van der Waals surface area contributed by atoms with Gasteiger partial charge in [0, 0.05) is 17.3 Å². The van der Waals surface area contributed by atoms with E-state index in [4.69, 9.17) is 9.31 Å². The van der Waals surface area contributed by atoms with E-state index in [1.807, 2.05) is 13.1 Å². The topological polar surface area (TPSA) is 31.4 Å². The zero-order valence-corrected chi connectivity index (χ0v) is 13.7. The zero-order valence-electron chi connectivity index (χ0n) is 13.7.